The van der Waals surface area contributed by atoms with Crippen LogP contribution in [0.1, 0.15) is 36.0 Å². The van der Waals surface area contributed by atoms with E-state index in [1.54, 1.807) is 23.7 Å². The minimum atomic E-state index is -3.48. The summed E-state index contributed by atoms with van der Waals surface area (Å²) in [4.78, 5) is 11.1. The van der Waals surface area contributed by atoms with Crippen molar-refractivity contribution < 1.29 is 8.42 Å². The summed E-state index contributed by atoms with van der Waals surface area (Å²) in [6.07, 6.45) is 3.91. The standard InChI is InChI=1S/C15H20N4O2S2/c1-11-16-9-12(15(18-11)13-5-3-7-19(13)2)10-17-23(20,21)14-6-4-8-22-14/h4,6,8-9,13,17H,3,5,7,10H2,1-2H3/t13-/m0/s1. The van der Waals surface area contributed by atoms with Crippen LogP contribution < -0.4 is 4.72 Å². The lowest BCUT2D eigenvalue weighted by Crippen LogP contribution is -2.26. The summed E-state index contributed by atoms with van der Waals surface area (Å²) < 4.78 is 27.5. The maximum Gasteiger partial charge on any atom is 0.250 e. The van der Waals surface area contributed by atoms with Crippen LogP contribution in [0.5, 0.6) is 0 Å². The van der Waals surface area contributed by atoms with Gasteiger partial charge in [-0.15, -0.1) is 11.3 Å². The lowest BCUT2D eigenvalue weighted by molar-refractivity contribution is 0.309. The van der Waals surface area contributed by atoms with Crippen LogP contribution in [0.15, 0.2) is 27.9 Å². The van der Waals surface area contributed by atoms with E-state index in [9.17, 15) is 8.42 Å². The Morgan fingerprint density at radius 2 is 2.30 bits per heavy atom. The molecule has 0 bridgehead atoms. The fraction of sp³-hybridized carbons (Fsp3) is 0.467. The molecule has 1 fully saturated rings. The number of likely N-dealkylation sites (tertiary alicyclic amines) is 1. The van der Waals surface area contributed by atoms with Gasteiger partial charge in [0.15, 0.2) is 0 Å². The number of nitrogens with one attached hydrogen (secondary N) is 1. The molecule has 3 rings (SSSR count). The van der Waals surface area contributed by atoms with E-state index in [-0.39, 0.29) is 12.6 Å². The zero-order chi connectivity index (χ0) is 16.4. The molecule has 124 valence electrons. The normalized spacial score (nSPS) is 19.3. The monoisotopic (exact) mass is 352 g/mol. The van der Waals surface area contributed by atoms with Crippen molar-refractivity contribution >= 4 is 21.4 Å². The summed E-state index contributed by atoms with van der Waals surface area (Å²) in [5.74, 6) is 0.713. The van der Waals surface area contributed by atoms with E-state index in [2.05, 4.69) is 26.6 Å². The number of sulfonamides is 1. The lowest BCUT2D eigenvalue weighted by Gasteiger charge is -2.21. The van der Waals surface area contributed by atoms with Gasteiger partial charge in [0.25, 0.3) is 0 Å². The molecule has 1 aliphatic heterocycles. The Balaban J connectivity index is 1.83. The van der Waals surface area contributed by atoms with Crippen LogP contribution >= 0.6 is 11.3 Å². The molecule has 2 aromatic rings. The Labute approximate surface area is 140 Å². The second kappa shape index (κ2) is 6.64. The molecule has 0 aliphatic carbocycles. The average Bonchev–Trinajstić information content (AvgIpc) is 3.17. The van der Waals surface area contributed by atoms with Crippen molar-refractivity contribution in [1.82, 2.24) is 19.6 Å². The van der Waals surface area contributed by atoms with Crippen LogP contribution in [0.25, 0.3) is 0 Å². The van der Waals surface area contributed by atoms with Gasteiger partial charge in [-0.05, 0) is 44.8 Å². The van der Waals surface area contributed by atoms with Gasteiger partial charge in [0.05, 0.1) is 11.7 Å². The molecule has 0 aromatic carbocycles. The number of hydrogen-bond acceptors (Lipinski definition) is 6. The summed E-state index contributed by atoms with van der Waals surface area (Å²) in [6.45, 7) is 3.10. The lowest BCUT2D eigenvalue weighted by atomic mass is 10.1. The molecule has 1 N–H and O–H groups in total. The van der Waals surface area contributed by atoms with E-state index >= 15 is 0 Å². The summed E-state index contributed by atoms with van der Waals surface area (Å²) >= 11 is 1.21. The molecule has 0 amide bonds. The molecular formula is C15H20N4O2S2. The molecule has 1 saturated heterocycles. The van der Waals surface area contributed by atoms with Gasteiger partial charge in [0.2, 0.25) is 10.0 Å². The molecule has 1 aliphatic rings. The quantitative estimate of drug-likeness (QED) is 0.892. The molecule has 3 heterocycles. The van der Waals surface area contributed by atoms with E-state index in [1.807, 2.05) is 6.92 Å². The summed E-state index contributed by atoms with van der Waals surface area (Å²) in [5, 5.41) is 1.75. The molecule has 6 nitrogen and oxygen atoms in total. The first-order valence-electron chi connectivity index (χ1n) is 7.53. The zero-order valence-electron chi connectivity index (χ0n) is 13.2. The molecule has 0 radical (unpaired) electrons. The zero-order valence-corrected chi connectivity index (χ0v) is 14.8. The van der Waals surface area contributed by atoms with Gasteiger partial charge in [-0.1, -0.05) is 6.07 Å². The maximum absolute atomic E-state index is 12.3. The topological polar surface area (TPSA) is 75.2 Å². The van der Waals surface area contributed by atoms with Crippen molar-refractivity contribution in [1.29, 1.82) is 0 Å². The van der Waals surface area contributed by atoms with Crippen LogP contribution in [-0.2, 0) is 16.6 Å². The third kappa shape index (κ3) is 3.60. The van der Waals surface area contributed by atoms with Crippen LogP contribution in [0.4, 0.5) is 0 Å². The van der Waals surface area contributed by atoms with Gasteiger partial charge in [0, 0.05) is 18.3 Å². The van der Waals surface area contributed by atoms with Gasteiger partial charge in [0.1, 0.15) is 10.0 Å². The average molecular weight is 352 g/mol. The Morgan fingerprint density at radius 1 is 1.48 bits per heavy atom. The highest BCUT2D eigenvalue weighted by Gasteiger charge is 2.27. The van der Waals surface area contributed by atoms with Gasteiger partial charge in [-0.3, -0.25) is 4.90 Å². The minimum Gasteiger partial charge on any atom is -0.298 e. The number of rotatable bonds is 5. The van der Waals surface area contributed by atoms with E-state index in [0.717, 1.165) is 30.6 Å². The van der Waals surface area contributed by atoms with Crippen molar-refractivity contribution in [3.63, 3.8) is 0 Å². The predicted molar refractivity (Wildman–Crippen MR) is 89.7 cm³/mol. The SMILES string of the molecule is Cc1ncc(CNS(=O)(=O)c2cccs2)c([C@@H]2CCCN2C)n1. The highest BCUT2D eigenvalue weighted by Crippen LogP contribution is 2.31. The van der Waals surface area contributed by atoms with Crippen LogP contribution in [0, 0.1) is 6.92 Å². The van der Waals surface area contributed by atoms with Crippen LogP contribution in [-0.4, -0.2) is 36.9 Å². The van der Waals surface area contributed by atoms with Crippen LogP contribution in [0.3, 0.4) is 0 Å². The smallest absolute Gasteiger partial charge is 0.250 e. The van der Waals surface area contributed by atoms with E-state index < -0.39 is 10.0 Å². The number of nitrogens with zero attached hydrogens (tertiary/aromatic N) is 3. The molecule has 23 heavy (non-hydrogen) atoms. The molecule has 2 aromatic heterocycles. The summed E-state index contributed by atoms with van der Waals surface area (Å²) in [5.41, 5.74) is 1.78. The number of aryl methyl sites for hydroxylation is 1. The molecule has 1 atom stereocenters. The predicted octanol–water partition coefficient (Wildman–Crippen LogP) is 2.09. The van der Waals surface area contributed by atoms with Crippen molar-refractivity contribution in [3.05, 3.63) is 40.8 Å². The minimum absolute atomic E-state index is 0.209. The van der Waals surface area contributed by atoms with Gasteiger partial charge in [-0.2, -0.15) is 0 Å². The van der Waals surface area contributed by atoms with Crippen molar-refractivity contribution in [3.8, 4) is 0 Å². The first-order chi connectivity index (χ1) is 11.0. The number of hydrogen-bond donors (Lipinski definition) is 1. The fourth-order valence-corrected chi connectivity index (χ4v) is 4.90. The van der Waals surface area contributed by atoms with Crippen molar-refractivity contribution in [2.75, 3.05) is 13.6 Å². The Hall–Kier alpha value is -1.35. The molecule has 0 saturated carbocycles. The van der Waals surface area contributed by atoms with Gasteiger partial charge in [-0.25, -0.2) is 23.1 Å². The van der Waals surface area contributed by atoms with E-state index in [1.165, 1.54) is 11.3 Å². The maximum atomic E-state index is 12.3. The fourth-order valence-electron chi connectivity index (χ4n) is 2.85. The Kier molecular flexibility index (Phi) is 4.77. The number of thiophene rings is 1. The summed E-state index contributed by atoms with van der Waals surface area (Å²) in [6, 6.07) is 3.56. The van der Waals surface area contributed by atoms with Gasteiger partial charge < -0.3 is 0 Å². The first-order valence-corrected chi connectivity index (χ1v) is 9.89. The Bertz CT molecular complexity index is 775. The highest BCUT2D eigenvalue weighted by atomic mass is 32.2. The second-order valence-corrected chi connectivity index (χ2v) is 8.66. The van der Waals surface area contributed by atoms with Crippen molar-refractivity contribution in [2.24, 2.45) is 0 Å². The van der Waals surface area contributed by atoms with E-state index in [4.69, 9.17) is 0 Å². The molecular weight excluding hydrogens is 332 g/mol. The second-order valence-electron chi connectivity index (χ2n) is 5.72. The third-order valence-corrected chi connectivity index (χ3v) is 6.87. The largest absolute Gasteiger partial charge is 0.298 e. The first kappa shape index (κ1) is 16.5. The molecule has 0 unspecified atom stereocenters. The molecule has 0 spiro atoms. The van der Waals surface area contributed by atoms with Crippen molar-refractivity contribution in [2.45, 2.75) is 36.6 Å². The van der Waals surface area contributed by atoms with Crippen LogP contribution in [0.2, 0.25) is 0 Å². The molecule has 8 heteroatoms. The third-order valence-electron chi connectivity index (χ3n) is 4.07. The van der Waals surface area contributed by atoms with E-state index in [0.29, 0.717) is 10.0 Å². The Morgan fingerprint density at radius 3 is 2.96 bits per heavy atom. The van der Waals surface area contributed by atoms with Gasteiger partial charge >= 0.3 is 0 Å². The summed E-state index contributed by atoms with van der Waals surface area (Å²) in [7, 11) is -1.40. The number of aromatic nitrogens is 2. The highest BCUT2D eigenvalue weighted by molar-refractivity contribution is 7.91.